The van der Waals surface area contributed by atoms with Crippen molar-refractivity contribution >= 4 is 7.41 Å². The molecular weight excluding hydrogens is 177 g/mol. The van der Waals surface area contributed by atoms with Gasteiger partial charge in [-0.05, 0) is 25.9 Å². The molecule has 0 amide bonds. The normalized spacial score (nSPS) is 23.7. The summed E-state index contributed by atoms with van der Waals surface area (Å²) in [6.07, 6.45) is 2.43. The second kappa shape index (κ2) is 4.13. The van der Waals surface area contributed by atoms with E-state index in [-0.39, 0.29) is 0 Å². The Bertz CT molecular complexity index is 302. The van der Waals surface area contributed by atoms with E-state index in [1.165, 1.54) is 19.4 Å². The summed E-state index contributed by atoms with van der Waals surface area (Å²) in [7, 11) is 1.12. The predicted octanol–water partition coefficient (Wildman–Crippen LogP) is 0.957. The SMILES string of the molecule is CBN1CCCC(c2noc(C)n2)C1. The number of nitrogens with zero attached hydrogens (tertiary/aromatic N) is 3. The van der Waals surface area contributed by atoms with Gasteiger partial charge in [0.2, 0.25) is 13.3 Å². The molecule has 0 bridgehead atoms. The van der Waals surface area contributed by atoms with Gasteiger partial charge in [-0.2, -0.15) is 4.98 Å². The van der Waals surface area contributed by atoms with Gasteiger partial charge in [-0.25, -0.2) is 0 Å². The van der Waals surface area contributed by atoms with Crippen LogP contribution in [0.5, 0.6) is 0 Å². The van der Waals surface area contributed by atoms with Crippen molar-refractivity contribution in [3.05, 3.63) is 11.7 Å². The first-order valence-electron chi connectivity index (χ1n) is 5.32. The smallest absolute Gasteiger partial charge is 0.223 e. The zero-order chi connectivity index (χ0) is 9.97. The molecule has 0 radical (unpaired) electrons. The first kappa shape index (κ1) is 9.71. The maximum absolute atomic E-state index is 5.01. The fraction of sp³-hybridized carbons (Fsp3) is 0.778. The lowest BCUT2D eigenvalue weighted by molar-refractivity contribution is 0.308. The Kier molecular flexibility index (Phi) is 2.86. The fourth-order valence-electron chi connectivity index (χ4n) is 2.03. The van der Waals surface area contributed by atoms with Crippen LogP contribution in [0, 0.1) is 6.92 Å². The van der Waals surface area contributed by atoms with Crippen LogP contribution < -0.4 is 0 Å². The van der Waals surface area contributed by atoms with Crippen molar-refractivity contribution in [2.75, 3.05) is 13.1 Å². The highest BCUT2D eigenvalue weighted by Crippen LogP contribution is 2.23. The van der Waals surface area contributed by atoms with Crippen LogP contribution in [-0.2, 0) is 0 Å². The van der Waals surface area contributed by atoms with Crippen LogP contribution in [0.25, 0.3) is 0 Å². The monoisotopic (exact) mass is 193 g/mol. The van der Waals surface area contributed by atoms with E-state index in [2.05, 4.69) is 21.8 Å². The van der Waals surface area contributed by atoms with Gasteiger partial charge in [0.25, 0.3) is 0 Å². The molecule has 0 aromatic carbocycles. The summed E-state index contributed by atoms with van der Waals surface area (Å²) in [5.41, 5.74) is 0. The van der Waals surface area contributed by atoms with Gasteiger partial charge in [0.1, 0.15) is 0 Å². The molecular formula is C9H16BN3O. The molecule has 1 unspecified atom stereocenters. The highest BCUT2D eigenvalue weighted by Gasteiger charge is 2.23. The molecule has 1 aliphatic heterocycles. The molecule has 1 aromatic rings. The number of piperidine rings is 1. The lowest BCUT2D eigenvalue weighted by atomic mass is 9.87. The molecule has 5 heteroatoms. The molecule has 2 rings (SSSR count). The van der Waals surface area contributed by atoms with Crippen molar-refractivity contribution in [3.63, 3.8) is 0 Å². The second-order valence-corrected chi connectivity index (χ2v) is 3.90. The van der Waals surface area contributed by atoms with Gasteiger partial charge in [0, 0.05) is 12.8 Å². The summed E-state index contributed by atoms with van der Waals surface area (Å²) in [6.45, 7) is 6.33. The maximum atomic E-state index is 5.01. The minimum Gasteiger partial charge on any atom is -0.345 e. The van der Waals surface area contributed by atoms with Crippen molar-refractivity contribution in [3.8, 4) is 0 Å². The molecule has 0 aliphatic carbocycles. The second-order valence-electron chi connectivity index (χ2n) is 3.90. The Labute approximate surface area is 84.9 Å². The summed E-state index contributed by atoms with van der Waals surface area (Å²) in [5, 5.41) is 4.00. The third-order valence-electron chi connectivity index (χ3n) is 2.86. The molecule has 0 N–H and O–H groups in total. The Balaban J connectivity index is 2.04. The first-order valence-corrected chi connectivity index (χ1v) is 5.32. The Morgan fingerprint density at radius 3 is 3.07 bits per heavy atom. The van der Waals surface area contributed by atoms with Crippen molar-refractivity contribution in [1.29, 1.82) is 0 Å². The highest BCUT2D eigenvalue weighted by molar-refractivity contribution is 6.29. The largest absolute Gasteiger partial charge is 0.345 e. The van der Waals surface area contributed by atoms with Gasteiger partial charge in [-0.15, -0.1) is 0 Å². The zero-order valence-corrected chi connectivity index (χ0v) is 8.86. The molecule has 0 spiro atoms. The molecule has 1 atom stereocenters. The van der Waals surface area contributed by atoms with Gasteiger partial charge >= 0.3 is 0 Å². The van der Waals surface area contributed by atoms with Crippen LogP contribution in [-0.4, -0.2) is 35.5 Å². The summed E-state index contributed by atoms with van der Waals surface area (Å²) in [5.74, 6) is 2.04. The average Bonchev–Trinajstić information content (AvgIpc) is 2.65. The Morgan fingerprint density at radius 2 is 2.43 bits per heavy atom. The van der Waals surface area contributed by atoms with Gasteiger partial charge < -0.3 is 9.33 Å². The topological polar surface area (TPSA) is 42.2 Å². The van der Waals surface area contributed by atoms with Crippen molar-refractivity contribution in [2.45, 2.75) is 32.5 Å². The maximum Gasteiger partial charge on any atom is 0.223 e. The summed E-state index contributed by atoms with van der Waals surface area (Å²) < 4.78 is 5.01. The van der Waals surface area contributed by atoms with Gasteiger partial charge in [-0.3, -0.25) is 0 Å². The van der Waals surface area contributed by atoms with Gasteiger partial charge in [0.15, 0.2) is 5.82 Å². The molecule has 2 heterocycles. The van der Waals surface area contributed by atoms with Crippen LogP contribution in [0.4, 0.5) is 0 Å². The molecule has 4 nitrogen and oxygen atoms in total. The third-order valence-corrected chi connectivity index (χ3v) is 2.86. The fourth-order valence-corrected chi connectivity index (χ4v) is 2.03. The van der Waals surface area contributed by atoms with Crippen molar-refractivity contribution < 1.29 is 4.52 Å². The van der Waals surface area contributed by atoms with Gasteiger partial charge in [-0.1, -0.05) is 12.0 Å². The molecule has 14 heavy (non-hydrogen) atoms. The first-order chi connectivity index (χ1) is 6.79. The van der Waals surface area contributed by atoms with Crippen LogP contribution in [0.1, 0.15) is 30.5 Å². The number of rotatable bonds is 2. The molecule has 1 saturated heterocycles. The lowest BCUT2D eigenvalue weighted by Gasteiger charge is -2.29. The van der Waals surface area contributed by atoms with Gasteiger partial charge in [0.05, 0.1) is 0 Å². The predicted molar refractivity (Wildman–Crippen MR) is 55.6 cm³/mol. The highest BCUT2D eigenvalue weighted by atomic mass is 16.5. The quantitative estimate of drug-likeness (QED) is 0.656. The van der Waals surface area contributed by atoms with E-state index in [1.54, 1.807) is 0 Å². The zero-order valence-electron chi connectivity index (χ0n) is 8.86. The molecule has 1 aromatic heterocycles. The Hall–Kier alpha value is -0.835. The number of aromatic nitrogens is 2. The van der Waals surface area contributed by atoms with E-state index in [1.807, 2.05) is 6.92 Å². The standard InChI is InChI=1S/C9H16BN3O/c1-7-11-9(12-14-7)8-4-3-5-13(6-8)10-2/h8,10H,3-6H2,1-2H3. The van der Waals surface area contributed by atoms with Crippen LogP contribution in [0.2, 0.25) is 6.82 Å². The average molecular weight is 193 g/mol. The van der Waals surface area contributed by atoms with E-state index in [0.29, 0.717) is 11.8 Å². The molecule has 1 fully saturated rings. The minimum absolute atomic E-state index is 0.473. The Morgan fingerprint density at radius 1 is 1.57 bits per heavy atom. The van der Waals surface area contributed by atoms with E-state index >= 15 is 0 Å². The van der Waals surface area contributed by atoms with E-state index in [0.717, 1.165) is 19.8 Å². The number of hydrogen-bond donors (Lipinski definition) is 0. The summed E-state index contributed by atoms with van der Waals surface area (Å²) in [4.78, 5) is 6.74. The minimum atomic E-state index is 0.473. The lowest BCUT2D eigenvalue weighted by Crippen LogP contribution is -2.36. The van der Waals surface area contributed by atoms with E-state index in [9.17, 15) is 0 Å². The van der Waals surface area contributed by atoms with E-state index < -0.39 is 0 Å². The van der Waals surface area contributed by atoms with Crippen LogP contribution in [0.15, 0.2) is 4.52 Å². The van der Waals surface area contributed by atoms with Crippen LogP contribution in [0.3, 0.4) is 0 Å². The molecule has 76 valence electrons. The number of hydrogen-bond acceptors (Lipinski definition) is 4. The molecule has 0 saturated carbocycles. The summed E-state index contributed by atoms with van der Waals surface area (Å²) >= 11 is 0. The molecule has 1 aliphatic rings. The van der Waals surface area contributed by atoms with Crippen molar-refractivity contribution in [2.24, 2.45) is 0 Å². The van der Waals surface area contributed by atoms with E-state index in [4.69, 9.17) is 4.52 Å². The van der Waals surface area contributed by atoms with Crippen molar-refractivity contribution in [1.82, 2.24) is 15.0 Å². The van der Waals surface area contributed by atoms with Crippen LogP contribution >= 0.6 is 0 Å². The third kappa shape index (κ3) is 1.98. The number of aryl methyl sites for hydroxylation is 1. The summed E-state index contributed by atoms with van der Waals surface area (Å²) in [6, 6.07) is 0.